The largest absolute Gasteiger partial charge is 0.444 e. The predicted octanol–water partition coefficient (Wildman–Crippen LogP) is 7.02. The van der Waals surface area contributed by atoms with Crippen molar-refractivity contribution >= 4 is 24.0 Å². The molecular formula is C32H53N3O4. The van der Waals surface area contributed by atoms with Crippen molar-refractivity contribution in [3.05, 3.63) is 42.0 Å². The summed E-state index contributed by atoms with van der Waals surface area (Å²) < 4.78 is 5.46. The minimum absolute atomic E-state index is 0.0325. The van der Waals surface area contributed by atoms with Crippen LogP contribution in [0.2, 0.25) is 0 Å². The highest BCUT2D eigenvalue weighted by Gasteiger charge is 2.37. The molecule has 3 unspecified atom stereocenters. The second kappa shape index (κ2) is 17.0. The van der Waals surface area contributed by atoms with Crippen molar-refractivity contribution in [1.82, 2.24) is 15.5 Å². The van der Waals surface area contributed by atoms with Crippen molar-refractivity contribution < 1.29 is 19.1 Å². The molecule has 0 saturated heterocycles. The lowest BCUT2D eigenvalue weighted by Gasteiger charge is -2.36. The van der Waals surface area contributed by atoms with Crippen LogP contribution in [-0.2, 0) is 14.3 Å². The number of alkyl carbamates (subject to hydrolysis) is 1. The van der Waals surface area contributed by atoms with Gasteiger partial charge in [-0.2, -0.15) is 0 Å². The van der Waals surface area contributed by atoms with Gasteiger partial charge in [-0.25, -0.2) is 4.79 Å². The van der Waals surface area contributed by atoms with Gasteiger partial charge in [0.1, 0.15) is 17.7 Å². The molecule has 220 valence electrons. The molecule has 3 amide bonds. The van der Waals surface area contributed by atoms with E-state index in [1.807, 2.05) is 45.0 Å². The van der Waals surface area contributed by atoms with Crippen LogP contribution in [0.1, 0.15) is 118 Å². The van der Waals surface area contributed by atoms with Crippen LogP contribution in [-0.4, -0.2) is 47.0 Å². The summed E-state index contributed by atoms with van der Waals surface area (Å²) in [5.74, 6) is -0.729. The number of rotatable bonds is 16. The molecule has 7 heteroatoms. The maximum atomic E-state index is 14.2. The molecule has 0 heterocycles. The number of carbonyl (C=O) groups is 3. The van der Waals surface area contributed by atoms with Crippen LogP contribution in [0.5, 0.6) is 0 Å². The summed E-state index contributed by atoms with van der Waals surface area (Å²) in [5.41, 5.74) is 0.890. The molecule has 1 rings (SSSR count). The van der Waals surface area contributed by atoms with Crippen LogP contribution < -0.4 is 10.6 Å². The van der Waals surface area contributed by atoms with E-state index in [9.17, 15) is 14.4 Å². The number of nitrogens with zero attached hydrogens (tertiary/aromatic N) is 1. The fourth-order valence-electron chi connectivity index (χ4n) is 4.53. The van der Waals surface area contributed by atoms with E-state index in [1.54, 1.807) is 31.7 Å². The molecule has 0 aliphatic rings. The summed E-state index contributed by atoms with van der Waals surface area (Å²) in [6.45, 7) is 19.6. The first-order valence-corrected chi connectivity index (χ1v) is 14.7. The van der Waals surface area contributed by atoms with E-state index in [2.05, 4.69) is 31.1 Å². The van der Waals surface area contributed by atoms with Crippen LogP contribution in [0.4, 0.5) is 4.79 Å². The Hall–Kier alpha value is -2.83. The summed E-state index contributed by atoms with van der Waals surface area (Å²) >= 11 is 0. The molecule has 2 N–H and O–H groups in total. The smallest absolute Gasteiger partial charge is 0.408 e. The van der Waals surface area contributed by atoms with E-state index in [0.29, 0.717) is 6.54 Å². The van der Waals surface area contributed by atoms with Crippen molar-refractivity contribution in [3.8, 4) is 0 Å². The van der Waals surface area contributed by atoms with E-state index < -0.39 is 23.8 Å². The third-order valence-corrected chi connectivity index (χ3v) is 6.52. The molecule has 1 aromatic rings. The predicted molar refractivity (Wildman–Crippen MR) is 160 cm³/mol. The molecule has 39 heavy (non-hydrogen) atoms. The Bertz CT molecular complexity index is 922. The van der Waals surface area contributed by atoms with Crippen LogP contribution in [0.15, 0.2) is 30.8 Å². The first-order valence-electron chi connectivity index (χ1n) is 14.7. The first kappa shape index (κ1) is 34.2. The van der Waals surface area contributed by atoms with Gasteiger partial charge in [0.15, 0.2) is 0 Å². The van der Waals surface area contributed by atoms with E-state index in [-0.39, 0.29) is 23.8 Å². The Labute approximate surface area is 237 Å². The van der Waals surface area contributed by atoms with Gasteiger partial charge in [0.2, 0.25) is 11.8 Å². The van der Waals surface area contributed by atoms with Crippen LogP contribution in [0, 0.1) is 5.92 Å². The highest BCUT2D eigenvalue weighted by atomic mass is 16.6. The number of unbranched alkanes of at least 4 members (excludes halogenated alkanes) is 4. The molecule has 0 spiro atoms. The molecule has 1 aromatic carbocycles. The summed E-state index contributed by atoms with van der Waals surface area (Å²) in [6.07, 6.45) is 7.89. The normalized spacial score (nSPS) is 13.8. The minimum atomic E-state index is -0.846. The Balaban J connectivity index is 3.51. The monoisotopic (exact) mass is 543 g/mol. The van der Waals surface area contributed by atoms with Gasteiger partial charge >= 0.3 is 6.09 Å². The van der Waals surface area contributed by atoms with Crippen LogP contribution in [0.3, 0.4) is 0 Å². The Morgan fingerprint density at radius 2 is 1.67 bits per heavy atom. The number of hydrogen-bond acceptors (Lipinski definition) is 4. The van der Waals surface area contributed by atoms with Gasteiger partial charge in [-0.15, -0.1) is 0 Å². The van der Waals surface area contributed by atoms with E-state index in [1.165, 1.54) is 0 Å². The standard InChI is InChI=1S/C32H53N3O4/c1-10-13-14-15-16-21-35(30(37)27(23(4)5)34-31(38)39-32(7,8)9)28(29(36)33-24(6)18-11-2)26-20-17-19-25(12-3)22-26/h12,17,19-20,22-24,27-28H,3,10-11,13-16,18,21H2,1-2,4-9H3,(H,33,36)(H,34,38). The zero-order valence-electron chi connectivity index (χ0n) is 25.6. The van der Waals surface area contributed by atoms with E-state index in [4.69, 9.17) is 4.74 Å². The van der Waals surface area contributed by atoms with Gasteiger partial charge in [0.05, 0.1) is 0 Å². The van der Waals surface area contributed by atoms with E-state index >= 15 is 0 Å². The van der Waals surface area contributed by atoms with Gasteiger partial charge in [0, 0.05) is 12.6 Å². The fourth-order valence-corrected chi connectivity index (χ4v) is 4.53. The number of hydrogen-bond donors (Lipinski definition) is 2. The molecule has 0 bridgehead atoms. The highest BCUT2D eigenvalue weighted by molar-refractivity contribution is 5.92. The lowest BCUT2D eigenvalue weighted by atomic mass is 9.97. The molecule has 0 aromatic heterocycles. The molecule has 0 aliphatic heterocycles. The topological polar surface area (TPSA) is 87.7 Å². The summed E-state index contributed by atoms with van der Waals surface area (Å²) in [5, 5.41) is 5.92. The summed E-state index contributed by atoms with van der Waals surface area (Å²) in [6, 6.07) is 5.87. The van der Waals surface area contributed by atoms with Crippen LogP contribution >= 0.6 is 0 Å². The Kier molecular flexibility index (Phi) is 14.9. The van der Waals surface area contributed by atoms with Gasteiger partial charge < -0.3 is 20.3 Å². The zero-order valence-corrected chi connectivity index (χ0v) is 25.6. The second-order valence-corrected chi connectivity index (χ2v) is 11.8. The maximum Gasteiger partial charge on any atom is 0.408 e. The number of nitrogens with one attached hydrogen (secondary N) is 2. The van der Waals surface area contributed by atoms with Gasteiger partial charge in [0.25, 0.3) is 0 Å². The summed E-state index contributed by atoms with van der Waals surface area (Å²) in [7, 11) is 0. The molecule has 0 fully saturated rings. The third-order valence-electron chi connectivity index (χ3n) is 6.52. The van der Waals surface area contributed by atoms with Crippen LogP contribution in [0.25, 0.3) is 6.08 Å². The lowest BCUT2D eigenvalue weighted by Crippen LogP contribution is -2.55. The number of carbonyl (C=O) groups excluding carboxylic acids is 3. The first-order chi connectivity index (χ1) is 18.3. The quantitative estimate of drug-likeness (QED) is 0.219. The van der Waals surface area contributed by atoms with E-state index in [0.717, 1.165) is 56.1 Å². The van der Waals surface area contributed by atoms with Gasteiger partial charge in [-0.3, -0.25) is 9.59 Å². The molecular weight excluding hydrogens is 490 g/mol. The lowest BCUT2D eigenvalue weighted by molar-refractivity contribution is -0.143. The fraction of sp³-hybridized carbons (Fsp3) is 0.656. The average molecular weight is 544 g/mol. The van der Waals surface area contributed by atoms with Crippen molar-refractivity contribution in [2.45, 2.75) is 124 Å². The van der Waals surface area contributed by atoms with Crippen molar-refractivity contribution in [2.75, 3.05) is 6.54 Å². The van der Waals surface area contributed by atoms with Crippen molar-refractivity contribution in [2.24, 2.45) is 5.92 Å². The van der Waals surface area contributed by atoms with Gasteiger partial charge in [-0.1, -0.05) is 90.7 Å². The SMILES string of the molecule is C=Cc1cccc(C(C(=O)NC(C)CCC)N(CCCCCCC)C(=O)C(NC(=O)OC(C)(C)C)C(C)C)c1. The Morgan fingerprint density at radius 1 is 1.00 bits per heavy atom. The molecule has 3 atom stereocenters. The maximum absolute atomic E-state index is 14.2. The molecule has 0 radical (unpaired) electrons. The zero-order chi connectivity index (χ0) is 29.6. The average Bonchev–Trinajstić information content (AvgIpc) is 2.85. The Morgan fingerprint density at radius 3 is 2.23 bits per heavy atom. The summed E-state index contributed by atoms with van der Waals surface area (Å²) in [4.78, 5) is 42.5. The number of ether oxygens (including phenoxy) is 1. The highest BCUT2D eigenvalue weighted by Crippen LogP contribution is 2.26. The van der Waals surface area contributed by atoms with Gasteiger partial charge in [-0.05, 0) is 63.6 Å². The number of amides is 3. The second-order valence-electron chi connectivity index (χ2n) is 11.8. The number of benzene rings is 1. The third kappa shape index (κ3) is 12.3. The van der Waals surface area contributed by atoms with Crippen molar-refractivity contribution in [3.63, 3.8) is 0 Å². The molecule has 0 aliphatic carbocycles. The molecule has 7 nitrogen and oxygen atoms in total. The van der Waals surface area contributed by atoms with Crippen molar-refractivity contribution in [1.29, 1.82) is 0 Å². The molecule has 0 saturated carbocycles. The minimum Gasteiger partial charge on any atom is -0.444 e.